The predicted octanol–water partition coefficient (Wildman–Crippen LogP) is 4.14. The largest absolute Gasteiger partial charge is 0.465 e. The fourth-order valence-electron chi connectivity index (χ4n) is 2.99. The van der Waals surface area contributed by atoms with Crippen molar-refractivity contribution in [3.63, 3.8) is 0 Å². The first-order chi connectivity index (χ1) is 14.7. The van der Waals surface area contributed by atoms with Crippen molar-refractivity contribution >= 4 is 33.3 Å². The standard InChI is InChI=1S/C23H22N2O5S/c1-15-8-4-6-10-19(15)25-31(28,29)21-14-17(13-12-16(21)2)22(26)24-20-11-7-5-9-18(20)23(27)30-3/h4-14,25H,1-3H3,(H,24,26). The highest BCUT2D eigenvalue weighted by Crippen LogP contribution is 2.24. The number of esters is 1. The molecule has 8 heteroatoms. The van der Waals surface area contributed by atoms with E-state index in [1.54, 1.807) is 56.3 Å². The molecule has 7 nitrogen and oxygen atoms in total. The van der Waals surface area contributed by atoms with Crippen LogP contribution in [0, 0.1) is 13.8 Å². The summed E-state index contributed by atoms with van der Waals surface area (Å²) in [5.74, 6) is -1.14. The summed E-state index contributed by atoms with van der Waals surface area (Å²) in [5, 5.41) is 2.64. The lowest BCUT2D eigenvalue weighted by Gasteiger charge is -2.14. The van der Waals surface area contributed by atoms with Crippen molar-refractivity contribution in [1.82, 2.24) is 0 Å². The van der Waals surface area contributed by atoms with Gasteiger partial charge < -0.3 is 10.1 Å². The highest BCUT2D eigenvalue weighted by molar-refractivity contribution is 7.92. The van der Waals surface area contributed by atoms with Gasteiger partial charge in [-0.15, -0.1) is 0 Å². The normalized spacial score (nSPS) is 10.9. The molecular formula is C23H22N2O5S. The molecule has 160 valence electrons. The number of rotatable bonds is 6. The van der Waals surface area contributed by atoms with Gasteiger partial charge in [0, 0.05) is 5.56 Å². The molecule has 3 aromatic carbocycles. The van der Waals surface area contributed by atoms with Crippen LogP contribution in [0.2, 0.25) is 0 Å². The third kappa shape index (κ3) is 4.92. The summed E-state index contributed by atoms with van der Waals surface area (Å²) in [7, 11) is -2.68. The number of methoxy groups -OCH3 is 1. The van der Waals surface area contributed by atoms with Crippen molar-refractivity contribution in [1.29, 1.82) is 0 Å². The Morgan fingerprint density at radius 3 is 2.16 bits per heavy atom. The van der Waals surface area contributed by atoms with Gasteiger partial charge in [-0.3, -0.25) is 9.52 Å². The molecule has 0 aromatic heterocycles. The van der Waals surface area contributed by atoms with Crippen molar-refractivity contribution < 1.29 is 22.7 Å². The molecule has 0 saturated carbocycles. The third-order valence-corrected chi connectivity index (χ3v) is 6.22. The van der Waals surface area contributed by atoms with Crippen LogP contribution in [0.3, 0.4) is 0 Å². The smallest absolute Gasteiger partial charge is 0.339 e. The highest BCUT2D eigenvalue weighted by atomic mass is 32.2. The SMILES string of the molecule is COC(=O)c1ccccc1NC(=O)c1ccc(C)c(S(=O)(=O)Nc2ccccc2C)c1. The van der Waals surface area contributed by atoms with E-state index in [0.29, 0.717) is 11.3 Å². The van der Waals surface area contributed by atoms with Crippen molar-refractivity contribution in [2.24, 2.45) is 0 Å². The third-order valence-electron chi connectivity index (χ3n) is 4.71. The summed E-state index contributed by atoms with van der Waals surface area (Å²) in [6.07, 6.45) is 0. The monoisotopic (exact) mass is 438 g/mol. The maximum absolute atomic E-state index is 13.0. The second kappa shape index (κ2) is 9.01. The molecule has 0 radical (unpaired) electrons. The second-order valence-corrected chi connectivity index (χ2v) is 8.54. The van der Waals surface area contributed by atoms with E-state index in [0.717, 1.165) is 5.56 Å². The van der Waals surface area contributed by atoms with E-state index >= 15 is 0 Å². The number of hydrogen-bond donors (Lipinski definition) is 2. The van der Waals surface area contributed by atoms with Crippen LogP contribution >= 0.6 is 0 Å². The van der Waals surface area contributed by atoms with Gasteiger partial charge in [-0.25, -0.2) is 13.2 Å². The fourth-order valence-corrected chi connectivity index (χ4v) is 4.40. The molecule has 0 aliphatic carbocycles. The van der Waals surface area contributed by atoms with Crippen LogP contribution in [0.1, 0.15) is 31.8 Å². The fraction of sp³-hybridized carbons (Fsp3) is 0.130. The number of carbonyl (C=O) groups is 2. The van der Waals surface area contributed by atoms with Gasteiger partial charge in [0.05, 0.1) is 28.9 Å². The zero-order valence-electron chi connectivity index (χ0n) is 17.3. The molecule has 0 spiro atoms. The van der Waals surface area contributed by atoms with Gasteiger partial charge in [-0.05, 0) is 55.3 Å². The zero-order valence-corrected chi connectivity index (χ0v) is 18.1. The molecule has 0 fully saturated rings. The lowest BCUT2D eigenvalue weighted by Crippen LogP contribution is -2.18. The summed E-state index contributed by atoms with van der Waals surface area (Å²) in [5.41, 5.74) is 2.32. The van der Waals surface area contributed by atoms with Crippen LogP contribution in [0.5, 0.6) is 0 Å². The second-order valence-electron chi connectivity index (χ2n) is 6.89. The highest BCUT2D eigenvalue weighted by Gasteiger charge is 2.21. The summed E-state index contributed by atoms with van der Waals surface area (Å²) >= 11 is 0. The molecule has 2 N–H and O–H groups in total. The first kappa shape index (κ1) is 22.0. The molecule has 0 aliphatic heterocycles. The summed E-state index contributed by atoms with van der Waals surface area (Å²) in [6.45, 7) is 3.45. The van der Waals surface area contributed by atoms with Crippen molar-refractivity contribution in [3.05, 3.63) is 89.0 Å². The molecule has 0 atom stereocenters. The minimum atomic E-state index is -3.93. The molecule has 31 heavy (non-hydrogen) atoms. The molecule has 3 aromatic rings. The number of para-hydroxylation sites is 2. The van der Waals surface area contributed by atoms with Crippen LogP contribution in [0.4, 0.5) is 11.4 Å². The van der Waals surface area contributed by atoms with E-state index in [4.69, 9.17) is 4.74 Å². The molecule has 0 unspecified atom stereocenters. The molecule has 3 rings (SSSR count). The average molecular weight is 439 g/mol. The maximum atomic E-state index is 13.0. The average Bonchev–Trinajstić information content (AvgIpc) is 2.75. The number of amides is 1. The van der Waals surface area contributed by atoms with Gasteiger partial charge in [0.15, 0.2) is 0 Å². The molecule has 0 heterocycles. The van der Waals surface area contributed by atoms with Crippen molar-refractivity contribution in [2.75, 3.05) is 17.1 Å². The van der Waals surface area contributed by atoms with E-state index in [1.807, 2.05) is 6.07 Å². The Hall–Kier alpha value is -3.65. The van der Waals surface area contributed by atoms with Gasteiger partial charge >= 0.3 is 5.97 Å². The van der Waals surface area contributed by atoms with E-state index < -0.39 is 21.9 Å². The van der Waals surface area contributed by atoms with Crippen LogP contribution in [0.25, 0.3) is 0 Å². The Kier molecular flexibility index (Phi) is 6.41. The number of aryl methyl sites for hydroxylation is 2. The lowest BCUT2D eigenvalue weighted by atomic mass is 10.1. The number of sulfonamides is 1. The van der Waals surface area contributed by atoms with Gasteiger partial charge in [-0.1, -0.05) is 36.4 Å². The zero-order chi connectivity index (χ0) is 22.6. The van der Waals surface area contributed by atoms with E-state index in [2.05, 4.69) is 10.0 Å². The van der Waals surface area contributed by atoms with Crippen LogP contribution < -0.4 is 10.0 Å². The first-order valence-electron chi connectivity index (χ1n) is 9.40. The van der Waals surface area contributed by atoms with Gasteiger partial charge in [0.25, 0.3) is 15.9 Å². The predicted molar refractivity (Wildman–Crippen MR) is 119 cm³/mol. The maximum Gasteiger partial charge on any atom is 0.339 e. The number of hydrogen-bond acceptors (Lipinski definition) is 5. The lowest BCUT2D eigenvalue weighted by molar-refractivity contribution is 0.0602. The molecule has 0 bridgehead atoms. The molecule has 1 amide bonds. The van der Waals surface area contributed by atoms with Gasteiger partial charge in [0.2, 0.25) is 0 Å². The number of anilines is 2. The Labute approximate surface area is 181 Å². The van der Waals surface area contributed by atoms with Crippen molar-refractivity contribution in [2.45, 2.75) is 18.7 Å². The van der Waals surface area contributed by atoms with Crippen LogP contribution in [-0.4, -0.2) is 27.4 Å². The summed E-state index contributed by atoms with van der Waals surface area (Å²) in [6, 6.07) is 17.8. The first-order valence-corrected chi connectivity index (χ1v) is 10.9. The quantitative estimate of drug-likeness (QED) is 0.563. The van der Waals surface area contributed by atoms with Gasteiger partial charge in [0.1, 0.15) is 0 Å². The number of carbonyl (C=O) groups excluding carboxylic acids is 2. The summed E-state index contributed by atoms with van der Waals surface area (Å²) < 4.78 is 33.3. The summed E-state index contributed by atoms with van der Waals surface area (Å²) in [4.78, 5) is 24.7. The Bertz CT molecular complexity index is 1250. The molecule has 0 saturated heterocycles. The molecule has 0 aliphatic rings. The van der Waals surface area contributed by atoms with E-state index in [9.17, 15) is 18.0 Å². The van der Waals surface area contributed by atoms with Gasteiger partial charge in [-0.2, -0.15) is 0 Å². The number of ether oxygens (including phenoxy) is 1. The topological polar surface area (TPSA) is 102 Å². The minimum absolute atomic E-state index is 0.00958. The van der Waals surface area contributed by atoms with Crippen molar-refractivity contribution in [3.8, 4) is 0 Å². The number of benzene rings is 3. The Morgan fingerprint density at radius 1 is 0.839 bits per heavy atom. The van der Waals surface area contributed by atoms with E-state index in [1.165, 1.54) is 25.3 Å². The molecular weight excluding hydrogens is 416 g/mol. The van der Waals surface area contributed by atoms with E-state index in [-0.39, 0.29) is 21.7 Å². The Morgan fingerprint density at radius 2 is 1.48 bits per heavy atom. The minimum Gasteiger partial charge on any atom is -0.465 e. The number of nitrogens with one attached hydrogen (secondary N) is 2. The van der Waals surface area contributed by atoms with Crippen LogP contribution in [-0.2, 0) is 14.8 Å². The van der Waals surface area contributed by atoms with Crippen LogP contribution in [0.15, 0.2) is 71.6 Å². The Balaban J connectivity index is 1.92.